The maximum atomic E-state index is 11.3. The van der Waals surface area contributed by atoms with E-state index in [4.69, 9.17) is 5.73 Å². The van der Waals surface area contributed by atoms with Gasteiger partial charge in [0, 0.05) is 37.3 Å². The van der Waals surface area contributed by atoms with Crippen molar-refractivity contribution in [1.82, 2.24) is 9.55 Å². The Morgan fingerprint density at radius 3 is 3.00 bits per heavy atom. The number of hydrogen-bond acceptors (Lipinski definition) is 4. The van der Waals surface area contributed by atoms with Gasteiger partial charge in [-0.1, -0.05) is 6.07 Å². The van der Waals surface area contributed by atoms with Gasteiger partial charge in [0.15, 0.2) is 0 Å². The third kappa shape index (κ3) is 3.42. The fraction of sp³-hybridized carbons (Fsp3) is 0.286. The molecular weight excluding hydrogens is 242 g/mol. The van der Waals surface area contributed by atoms with Crippen LogP contribution in [0.4, 0.5) is 0 Å². The fourth-order valence-corrected chi connectivity index (χ4v) is 1.94. The van der Waals surface area contributed by atoms with E-state index in [0.717, 1.165) is 11.3 Å². The van der Waals surface area contributed by atoms with Crippen LogP contribution in [0.3, 0.4) is 0 Å². The molecule has 2 N–H and O–H groups in total. The minimum absolute atomic E-state index is 0.394. The van der Waals surface area contributed by atoms with Gasteiger partial charge in [0.1, 0.15) is 6.04 Å². The van der Waals surface area contributed by atoms with Crippen molar-refractivity contribution in [3.63, 3.8) is 0 Å². The lowest BCUT2D eigenvalue weighted by molar-refractivity contribution is -0.142. The largest absolute Gasteiger partial charge is 0.468 e. The van der Waals surface area contributed by atoms with Crippen molar-refractivity contribution in [2.75, 3.05) is 7.11 Å². The van der Waals surface area contributed by atoms with E-state index in [9.17, 15) is 4.79 Å². The number of esters is 1. The summed E-state index contributed by atoms with van der Waals surface area (Å²) in [5.41, 5.74) is 7.89. The van der Waals surface area contributed by atoms with Crippen molar-refractivity contribution in [3.05, 3.63) is 54.1 Å². The van der Waals surface area contributed by atoms with Crippen molar-refractivity contribution in [3.8, 4) is 0 Å². The van der Waals surface area contributed by atoms with Gasteiger partial charge in [0.05, 0.1) is 7.11 Å². The lowest BCUT2D eigenvalue weighted by atomic mass is 10.1. The molecule has 5 heteroatoms. The van der Waals surface area contributed by atoms with E-state index in [1.165, 1.54) is 7.11 Å². The van der Waals surface area contributed by atoms with Crippen molar-refractivity contribution in [1.29, 1.82) is 0 Å². The number of pyridine rings is 1. The van der Waals surface area contributed by atoms with E-state index in [0.29, 0.717) is 13.0 Å². The van der Waals surface area contributed by atoms with Gasteiger partial charge >= 0.3 is 5.97 Å². The van der Waals surface area contributed by atoms with Crippen LogP contribution in [0.15, 0.2) is 42.9 Å². The molecule has 19 heavy (non-hydrogen) atoms. The first-order valence-corrected chi connectivity index (χ1v) is 6.07. The van der Waals surface area contributed by atoms with Crippen LogP contribution in [0, 0.1) is 0 Å². The normalized spacial score (nSPS) is 12.1. The SMILES string of the molecule is COC(=O)C(N)Cc1cccn1Cc1cccnc1. The second-order valence-electron chi connectivity index (χ2n) is 4.32. The van der Waals surface area contributed by atoms with Crippen LogP contribution in [0.1, 0.15) is 11.3 Å². The molecule has 1 unspecified atom stereocenters. The summed E-state index contributed by atoms with van der Waals surface area (Å²) >= 11 is 0. The minimum Gasteiger partial charge on any atom is -0.468 e. The molecular formula is C14H17N3O2. The molecule has 0 aliphatic carbocycles. The van der Waals surface area contributed by atoms with Gasteiger partial charge in [-0.25, -0.2) is 0 Å². The molecule has 1 atom stereocenters. The van der Waals surface area contributed by atoms with E-state index in [2.05, 4.69) is 14.3 Å². The number of rotatable bonds is 5. The quantitative estimate of drug-likeness (QED) is 0.812. The third-order valence-electron chi connectivity index (χ3n) is 2.93. The van der Waals surface area contributed by atoms with Gasteiger partial charge in [0.25, 0.3) is 0 Å². The lowest BCUT2D eigenvalue weighted by Gasteiger charge is -2.12. The molecule has 0 saturated heterocycles. The summed E-state index contributed by atoms with van der Waals surface area (Å²) in [7, 11) is 1.34. The molecule has 2 rings (SSSR count). The number of nitrogens with zero attached hydrogens (tertiary/aromatic N) is 2. The summed E-state index contributed by atoms with van der Waals surface area (Å²) in [6, 6.07) is 7.18. The smallest absolute Gasteiger partial charge is 0.323 e. The Kier molecular flexibility index (Phi) is 4.30. The van der Waals surface area contributed by atoms with E-state index < -0.39 is 12.0 Å². The maximum absolute atomic E-state index is 11.3. The van der Waals surface area contributed by atoms with Gasteiger partial charge < -0.3 is 15.0 Å². The second-order valence-corrected chi connectivity index (χ2v) is 4.32. The Hall–Kier alpha value is -2.14. The van der Waals surface area contributed by atoms with Gasteiger partial charge in [-0.2, -0.15) is 0 Å². The summed E-state index contributed by atoms with van der Waals surface area (Å²) in [6.45, 7) is 0.712. The van der Waals surface area contributed by atoms with E-state index in [1.54, 1.807) is 6.20 Å². The number of nitrogens with two attached hydrogens (primary N) is 1. The first-order chi connectivity index (χ1) is 9.20. The zero-order valence-electron chi connectivity index (χ0n) is 10.8. The molecule has 2 aromatic heterocycles. The van der Waals surface area contributed by atoms with Crippen LogP contribution in [0.5, 0.6) is 0 Å². The van der Waals surface area contributed by atoms with E-state index in [1.807, 2.05) is 36.7 Å². The predicted octanol–water partition coefficient (Wildman–Crippen LogP) is 0.974. The van der Waals surface area contributed by atoms with E-state index in [-0.39, 0.29) is 0 Å². The first kappa shape index (κ1) is 13.3. The molecule has 0 bridgehead atoms. The molecule has 5 nitrogen and oxygen atoms in total. The van der Waals surface area contributed by atoms with Crippen molar-refractivity contribution < 1.29 is 9.53 Å². The number of ether oxygens (including phenoxy) is 1. The molecule has 2 heterocycles. The average molecular weight is 259 g/mol. The molecule has 0 amide bonds. The first-order valence-electron chi connectivity index (χ1n) is 6.07. The molecule has 0 saturated carbocycles. The standard InChI is InChI=1S/C14H17N3O2/c1-19-14(18)13(15)8-12-5-3-7-17(12)10-11-4-2-6-16-9-11/h2-7,9,13H,8,10,15H2,1H3. The topological polar surface area (TPSA) is 70.1 Å². The molecule has 0 radical (unpaired) electrons. The van der Waals surface area contributed by atoms with Crippen molar-refractivity contribution in [2.24, 2.45) is 5.73 Å². The number of carbonyl (C=O) groups excluding carboxylic acids is 1. The zero-order chi connectivity index (χ0) is 13.7. The van der Waals surface area contributed by atoms with Crippen LogP contribution in [0.25, 0.3) is 0 Å². The van der Waals surface area contributed by atoms with Crippen LogP contribution in [0.2, 0.25) is 0 Å². The molecule has 0 aliphatic rings. The maximum Gasteiger partial charge on any atom is 0.323 e. The monoisotopic (exact) mass is 259 g/mol. The van der Waals surface area contributed by atoms with E-state index >= 15 is 0 Å². The molecule has 0 aliphatic heterocycles. The Balaban J connectivity index is 2.08. The Bertz CT molecular complexity index is 537. The highest BCUT2D eigenvalue weighted by Crippen LogP contribution is 2.09. The summed E-state index contributed by atoms with van der Waals surface area (Å²) in [6.07, 6.45) is 5.99. The zero-order valence-corrected chi connectivity index (χ0v) is 10.8. The highest BCUT2D eigenvalue weighted by atomic mass is 16.5. The summed E-state index contributed by atoms with van der Waals surface area (Å²) in [4.78, 5) is 15.4. The Labute approximate surface area is 112 Å². The summed E-state index contributed by atoms with van der Waals surface area (Å²) in [5, 5.41) is 0. The Morgan fingerprint density at radius 2 is 2.32 bits per heavy atom. The molecule has 100 valence electrons. The molecule has 0 aromatic carbocycles. The van der Waals surface area contributed by atoms with Crippen molar-refractivity contribution >= 4 is 5.97 Å². The minimum atomic E-state index is -0.632. The van der Waals surface area contributed by atoms with Gasteiger partial charge in [0.2, 0.25) is 0 Å². The number of aromatic nitrogens is 2. The van der Waals surface area contributed by atoms with Crippen LogP contribution in [-0.2, 0) is 22.5 Å². The highest BCUT2D eigenvalue weighted by Gasteiger charge is 2.16. The van der Waals surface area contributed by atoms with Crippen LogP contribution >= 0.6 is 0 Å². The third-order valence-corrected chi connectivity index (χ3v) is 2.93. The second kappa shape index (κ2) is 6.15. The van der Waals surface area contributed by atoms with Crippen LogP contribution in [-0.4, -0.2) is 28.7 Å². The Morgan fingerprint density at radius 1 is 1.47 bits per heavy atom. The molecule has 0 fully saturated rings. The predicted molar refractivity (Wildman–Crippen MR) is 71.5 cm³/mol. The number of methoxy groups -OCH3 is 1. The van der Waals surface area contributed by atoms with Crippen molar-refractivity contribution in [2.45, 2.75) is 19.0 Å². The highest BCUT2D eigenvalue weighted by molar-refractivity contribution is 5.75. The average Bonchev–Trinajstić information content (AvgIpc) is 2.86. The fourth-order valence-electron chi connectivity index (χ4n) is 1.94. The number of hydrogen-bond donors (Lipinski definition) is 1. The summed E-state index contributed by atoms with van der Waals surface area (Å²) < 4.78 is 6.69. The molecule has 2 aromatic rings. The molecule has 0 spiro atoms. The number of carbonyl (C=O) groups is 1. The van der Waals surface area contributed by atoms with Gasteiger partial charge in [-0.15, -0.1) is 0 Å². The van der Waals surface area contributed by atoms with Crippen LogP contribution < -0.4 is 5.73 Å². The van der Waals surface area contributed by atoms with Gasteiger partial charge in [-0.05, 0) is 23.8 Å². The lowest BCUT2D eigenvalue weighted by Crippen LogP contribution is -2.34. The summed E-state index contributed by atoms with van der Waals surface area (Å²) in [5.74, 6) is -0.394. The van der Waals surface area contributed by atoms with Gasteiger partial charge in [-0.3, -0.25) is 9.78 Å².